The number of ether oxygens (including phenoxy) is 1. The Kier molecular flexibility index (Phi) is 5.11. The van der Waals surface area contributed by atoms with Gasteiger partial charge in [-0.3, -0.25) is 19.6 Å². The van der Waals surface area contributed by atoms with Gasteiger partial charge in [-0.1, -0.05) is 0 Å². The maximum atomic E-state index is 14.4. The van der Waals surface area contributed by atoms with Gasteiger partial charge < -0.3 is 9.64 Å². The molecule has 128 valence electrons. The first-order valence-corrected chi connectivity index (χ1v) is 7.62. The number of fused-ring (bicyclic) bond motifs is 1. The fraction of sp³-hybridized carbons (Fsp3) is 0.412. The molecule has 24 heavy (non-hydrogen) atoms. The molecule has 0 unspecified atom stereocenters. The fourth-order valence-electron chi connectivity index (χ4n) is 2.24. The van der Waals surface area contributed by atoms with Gasteiger partial charge >= 0.3 is 5.97 Å². The van der Waals surface area contributed by atoms with E-state index >= 15 is 0 Å². The van der Waals surface area contributed by atoms with Crippen LogP contribution in [0.4, 0.5) is 4.39 Å². The van der Waals surface area contributed by atoms with Crippen LogP contribution in [-0.2, 0) is 9.53 Å². The van der Waals surface area contributed by atoms with Crippen LogP contribution in [0, 0.1) is 5.82 Å². The van der Waals surface area contributed by atoms with Crippen LogP contribution >= 0.6 is 0 Å². The van der Waals surface area contributed by atoms with Crippen molar-refractivity contribution >= 4 is 22.9 Å². The SMILES string of the molecule is CCOC(=O)CN(C(=O)c1cc2nccnc2cc1F)C(C)(C)C. The molecule has 6 nitrogen and oxygen atoms in total. The Morgan fingerprint density at radius 2 is 1.75 bits per heavy atom. The first-order valence-electron chi connectivity index (χ1n) is 7.62. The lowest BCUT2D eigenvalue weighted by Crippen LogP contribution is -2.48. The van der Waals surface area contributed by atoms with Crippen LogP contribution in [0.2, 0.25) is 0 Å². The van der Waals surface area contributed by atoms with Crippen LogP contribution in [0.15, 0.2) is 24.5 Å². The third kappa shape index (κ3) is 3.84. The van der Waals surface area contributed by atoms with Crippen LogP contribution in [0.1, 0.15) is 38.1 Å². The molecule has 0 saturated heterocycles. The van der Waals surface area contributed by atoms with Crippen LogP contribution in [0.25, 0.3) is 11.0 Å². The summed E-state index contributed by atoms with van der Waals surface area (Å²) in [6.45, 7) is 6.94. The van der Waals surface area contributed by atoms with Gasteiger partial charge in [-0.25, -0.2) is 4.39 Å². The van der Waals surface area contributed by atoms with Gasteiger partial charge in [0.15, 0.2) is 0 Å². The molecule has 0 atom stereocenters. The van der Waals surface area contributed by atoms with Gasteiger partial charge in [0.05, 0.1) is 23.2 Å². The van der Waals surface area contributed by atoms with Crippen LogP contribution in [-0.4, -0.2) is 45.4 Å². The lowest BCUT2D eigenvalue weighted by molar-refractivity contribution is -0.144. The highest BCUT2D eigenvalue weighted by Crippen LogP contribution is 2.22. The maximum Gasteiger partial charge on any atom is 0.325 e. The summed E-state index contributed by atoms with van der Waals surface area (Å²) in [6, 6.07) is 2.52. The van der Waals surface area contributed by atoms with Gasteiger partial charge in [0.1, 0.15) is 12.4 Å². The summed E-state index contributed by atoms with van der Waals surface area (Å²) in [4.78, 5) is 34.0. The molecule has 0 N–H and O–H groups in total. The smallest absolute Gasteiger partial charge is 0.325 e. The van der Waals surface area contributed by atoms with Crippen molar-refractivity contribution < 1.29 is 18.7 Å². The number of hydrogen-bond donors (Lipinski definition) is 0. The molecule has 7 heteroatoms. The molecule has 2 aromatic rings. The molecule has 1 amide bonds. The number of benzene rings is 1. The minimum atomic E-state index is -0.703. The monoisotopic (exact) mass is 333 g/mol. The minimum Gasteiger partial charge on any atom is -0.465 e. The van der Waals surface area contributed by atoms with E-state index in [2.05, 4.69) is 9.97 Å². The second kappa shape index (κ2) is 6.90. The van der Waals surface area contributed by atoms with Gasteiger partial charge in [0.2, 0.25) is 0 Å². The predicted octanol–water partition coefficient (Wildman–Crippen LogP) is 2.57. The highest BCUT2D eigenvalue weighted by molar-refractivity contribution is 5.99. The van der Waals surface area contributed by atoms with Crippen molar-refractivity contribution in [3.8, 4) is 0 Å². The van der Waals surface area contributed by atoms with Crippen molar-refractivity contribution in [2.24, 2.45) is 0 Å². The van der Waals surface area contributed by atoms with E-state index < -0.39 is 23.2 Å². The number of carbonyl (C=O) groups is 2. The summed E-state index contributed by atoms with van der Waals surface area (Å²) < 4.78 is 19.3. The van der Waals surface area contributed by atoms with Crippen molar-refractivity contribution in [3.63, 3.8) is 0 Å². The zero-order valence-corrected chi connectivity index (χ0v) is 14.2. The number of nitrogens with zero attached hydrogens (tertiary/aromatic N) is 3. The summed E-state index contributed by atoms with van der Waals surface area (Å²) in [6.07, 6.45) is 2.92. The lowest BCUT2D eigenvalue weighted by Gasteiger charge is -2.35. The molecule has 1 aromatic heterocycles. The minimum absolute atomic E-state index is 0.151. The number of esters is 1. The molecule has 0 radical (unpaired) electrons. The molecule has 0 aliphatic carbocycles. The highest BCUT2D eigenvalue weighted by atomic mass is 19.1. The van der Waals surface area contributed by atoms with E-state index in [-0.39, 0.29) is 18.7 Å². The van der Waals surface area contributed by atoms with E-state index in [0.29, 0.717) is 11.0 Å². The van der Waals surface area contributed by atoms with Crippen molar-refractivity contribution in [2.45, 2.75) is 33.2 Å². The third-order valence-electron chi connectivity index (χ3n) is 3.44. The third-order valence-corrected chi connectivity index (χ3v) is 3.44. The van der Waals surface area contributed by atoms with E-state index in [1.54, 1.807) is 27.7 Å². The molecule has 0 saturated carbocycles. The number of carbonyl (C=O) groups excluding carboxylic acids is 2. The largest absolute Gasteiger partial charge is 0.465 e. The van der Waals surface area contributed by atoms with Crippen molar-refractivity contribution in [2.75, 3.05) is 13.2 Å². The zero-order valence-electron chi connectivity index (χ0n) is 14.2. The molecule has 1 aromatic carbocycles. The Morgan fingerprint density at radius 1 is 1.17 bits per heavy atom. The van der Waals surface area contributed by atoms with Crippen LogP contribution in [0.3, 0.4) is 0 Å². The Bertz CT molecular complexity index is 771. The van der Waals surface area contributed by atoms with E-state index in [9.17, 15) is 14.0 Å². The second-order valence-corrected chi connectivity index (χ2v) is 6.24. The Morgan fingerprint density at radius 3 is 2.29 bits per heavy atom. The summed E-state index contributed by atoms with van der Waals surface area (Å²) in [5.74, 6) is -1.84. The zero-order chi connectivity index (χ0) is 17.9. The second-order valence-electron chi connectivity index (χ2n) is 6.24. The summed E-state index contributed by atoms with van der Waals surface area (Å²) in [5, 5.41) is 0. The van der Waals surface area contributed by atoms with Crippen molar-refractivity contribution in [1.82, 2.24) is 14.9 Å². The van der Waals surface area contributed by atoms with E-state index in [1.165, 1.54) is 29.4 Å². The molecular weight excluding hydrogens is 313 g/mol. The summed E-state index contributed by atoms with van der Waals surface area (Å²) in [5.41, 5.74) is -0.0677. The lowest BCUT2D eigenvalue weighted by atomic mass is 10.0. The molecule has 0 bridgehead atoms. The van der Waals surface area contributed by atoms with E-state index in [0.717, 1.165) is 0 Å². The molecule has 1 heterocycles. The number of hydrogen-bond acceptors (Lipinski definition) is 5. The average Bonchev–Trinajstić information content (AvgIpc) is 2.50. The quantitative estimate of drug-likeness (QED) is 0.804. The Balaban J connectivity index is 2.42. The van der Waals surface area contributed by atoms with Crippen molar-refractivity contribution in [3.05, 3.63) is 35.9 Å². The van der Waals surface area contributed by atoms with Gasteiger partial charge in [0.25, 0.3) is 5.91 Å². The predicted molar refractivity (Wildman–Crippen MR) is 86.9 cm³/mol. The van der Waals surface area contributed by atoms with Crippen molar-refractivity contribution in [1.29, 1.82) is 0 Å². The number of rotatable bonds is 4. The first-order chi connectivity index (χ1) is 11.2. The van der Waals surface area contributed by atoms with Gasteiger partial charge in [-0.2, -0.15) is 0 Å². The van der Waals surface area contributed by atoms with E-state index in [4.69, 9.17) is 4.74 Å². The number of amides is 1. The molecular formula is C17H20FN3O3. The Hall–Kier alpha value is -2.57. The standard InChI is InChI=1S/C17H20FN3O3/c1-5-24-15(22)10-21(17(2,3)4)16(23)11-8-13-14(9-12(11)18)20-7-6-19-13/h6-9H,5,10H2,1-4H3. The van der Waals surface area contributed by atoms with Gasteiger partial charge in [0, 0.05) is 24.0 Å². The summed E-state index contributed by atoms with van der Waals surface area (Å²) in [7, 11) is 0. The topological polar surface area (TPSA) is 72.4 Å². The first kappa shape index (κ1) is 17.8. The van der Waals surface area contributed by atoms with Crippen LogP contribution < -0.4 is 0 Å². The highest BCUT2D eigenvalue weighted by Gasteiger charge is 2.31. The normalized spacial score (nSPS) is 11.4. The van der Waals surface area contributed by atoms with Crippen LogP contribution in [0.5, 0.6) is 0 Å². The Labute approximate surface area is 139 Å². The molecule has 0 spiro atoms. The van der Waals surface area contributed by atoms with Gasteiger partial charge in [-0.15, -0.1) is 0 Å². The molecule has 2 rings (SSSR count). The number of aromatic nitrogens is 2. The molecule has 0 aliphatic heterocycles. The number of halogens is 1. The average molecular weight is 333 g/mol. The molecule has 0 aliphatic rings. The maximum absolute atomic E-state index is 14.4. The molecule has 0 fully saturated rings. The summed E-state index contributed by atoms with van der Waals surface area (Å²) >= 11 is 0. The van der Waals surface area contributed by atoms with E-state index in [1.807, 2.05) is 0 Å². The van der Waals surface area contributed by atoms with Gasteiger partial charge in [-0.05, 0) is 33.8 Å². The fourth-order valence-corrected chi connectivity index (χ4v) is 2.24.